The second-order valence-corrected chi connectivity index (χ2v) is 7.05. The van der Waals surface area contributed by atoms with Crippen LogP contribution in [0.4, 0.5) is 5.82 Å². The molecule has 1 unspecified atom stereocenters. The quantitative estimate of drug-likeness (QED) is 0.548. The topological polar surface area (TPSA) is 76.4 Å². The molecule has 28 heavy (non-hydrogen) atoms. The van der Waals surface area contributed by atoms with E-state index in [4.69, 9.17) is 13.9 Å². The van der Waals surface area contributed by atoms with E-state index < -0.39 is 0 Å². The molecule has 4 aromatic rings. The first-order chi connectivity index (χ1) is 13.8. The average Bonchev–Trinajstić information content (AvgIpc) is 3.48. The van der Waals surface area contributed by atoms with Gasteiger partial charge in [0.1, 0.15) is 28.9 Å². The number of methoxy groups -OCH3 is 1. The molecule has 3 aromatic heterocycles. The van der Waals surface area contributed by atoms with Crippen LogP contribution in [0.5, 0.6) is 5.75 Å². The predicted molar refractivity (Wildman–Crippen MR) is 107 cm³/mol. The molecule has 0 aliphatic carbocycles. The molecule has 0 saturated carbocycles. The summed E-state index contributed by atoms with van der Waals surface area (Å²) >= 11 is 0. The van der Waals surface area contributed by atoms with Crippen LogP contribution in [0, 0.1) is 0 Å². The summed E-state index contributed by atoms with van der Waals surface area (Å²) < 4.78 is 16.9. The van der Waals surface area contributed by atoms with Gasteiger partial charge >= 0.3 is 0 Å². The summed E-state index contributed by atoms with van der Waals surface area (Å²) in [6, 6.07) is 9.84. The largest absolute Gasteiger partial charge is 0.497 e. The van der Waals surface area contributed by atoms with E-state index in [0.717, 1.165) is 65.3 Å². The van der Waals surface area contributed by atoms with Gasteiger partial charge in [-0.1, -0.05) is 0 Å². The van der Waals surface area contributed by atoms with Crippen molar-refractivity contribution in [2.75, 3.05) is 25.2 Å². The van der Waals surface area contributed by atoms with E-state index in [2.05, 4.69) is 19.9 Å². The van der Waals surface area contributed by atoms with Crippen molar-refractivity contribution in [2.45, 2.75) is 25.5 Å². The molecular weight excluding hydrogens is 356 g/mol. The Morgan fingerprint density at radius 3 is 3.04 bits per heavy atom. The lowest BCUT2D eigenvalue weighted by Gasteiger charge is -2.25. The minimum absolute atomic E-state index is 0.199. The number of aromatic amines is 1. The Morgan fingerprint density at radius 1 is 1.29 bits per heavy atom. The van der Waals surface area contributed by atoms with Gasteiger partial charge in [-0.3, -0.25) is 0 Å². The lowest BCUT2D eigenvalue weighted by atomic mass is 10.2. The van der Waals surface area contributed by atoms with Crippen molar-refractivity contribution in [1.29, 1.82) is 0 Å². The zero-order valence-corrected chi connectivity index (χ0v) is 15.7. The summed E-state index contributed by atoms with van der Waals surface area (Å²) in [7, 11) is 1.67. The number of anilines is 1. The van der Waals surface area contributed by atoms with Crippen LogP contribution in [0.15, 0.2) is 47.3 Å². The first-order valence-electron chi connectivity index (χ1n) is 9.51. The SMILES string of the molecule is COc1ccc2[nH]c3c(N(Cc4ccco4)CC4CCCO4)ncnc3c2c1. The number of fused-ring (bicyclic) bond motifs is 3. The van der Waals surface area contributed by atoms with Crippen LogP contribution in [-0.4, -0.2) is 41.3 Å². The van der Waals surface area contributed by atoms with E-state index in [9.17, 15) is 0 Å². The second-order valence-electron chi connectivity index (χ2n) is 7.05. The van der Waals surface area contributed by atoms with E-state index in [1.165, 1.54) is 0 Å². The number of nitrogens with one attached hydrogen (secondary N) is 1. The van der Waals surface area contributed by atoms with E-state index in [1.807, 2.05) is 30.3 Å². The number of aromatic nitrogens is 3. The van der Waals surface area contributed by atoms with Gasteiger partial charge in [-0.15, -0.1) is 0 Å². The standard InChI is InChI=1S/C21H22N4O3/c1-26-14-6-7-18-17(10-14)19-20(24-18)21(23-13-22-19)25(11-15-4-2-8-27-15)12-16-5-3-9-28-16/h2,4,6-8,10,13,16,24H,3,5,9,11-12H2,1H3. The molecule has 1 atom stereocenters. The Labute approximate surface area is 162 Å². The summed E-state index contributed by atoms with van der Waals surface area (Å²) in [5.74, 6) is 2.55. The van der Waals surface area contributed by atoms with Gasteiger partial charge in [0.05, 0.1) is 26.0 Å². The summed E-state index contributed by atoms with van der Waals surface area (Å²) in [6.07, 6.45) is 5.68. The van der Waals surface area contributed by atoms with Crippen molar-refractivity contribution in [2.24, 2.45) is 0 Å². The molecular formula is C21H22N4O3. The van der Waals surface area contributed by atoms with Gasteiger partial charge in [0.15, 0.2) is 5.82 Å². The van der Waals surface area contributed by atoms with Crippen LogP contribution in [0.25, 0.3) is 21.9 Å². The third-order valence-corrected chi connectivity index (χ3v) is 5.24. The van der Waals surface area contributed by atoms with Gasteiger partial charge in [0.25, 0.3) is 0 Å². The molecule has 144 valence electrons. The average molecular weight is 378 g/mol. The maximum atomic E-state index is 5.88. The summed E-state index contributed by atoms with van der Waals surface area (Å²) in [5.41, 5.74) is 2.80. The normalized spacial score (nSPS) is 16.8. The molecule has 1 aliphatic heterocycles. The number of ether oxygens (including phenoxy) is 2. The lowest BCUT2D eigenvalue weighted by Crippen LogP contribution is -2.32. The maximum absolute atomic E-state index is 5.88. The highest BCUT2D eigenvalue weighted by Gasteiger charge is 2.23. The second kappa shape index (κ2) is 7.16. The highest BCUT2D eigenvalue weighted by atomic mass is 16.5. The molecule has 7 nitrogen and oxygen atoms in total. The lowest BCUT2D eigenvalue weighted by molar-refractivity contribution is 0.115. The molecule has 0 amide bonds. The molecule has 1 aromatic carbocycles. The molecule has 0 spiro atoms. The molecule has 1 N–H and O–H groups in total. The molecule has 5 rings (SSSR count). The minimum atomic E-state index is 0.199. The number of nitrogens with zero attached hydrogens (tertiary/aromatic N) is 3. The fraction of sp³-hybridized carbons (Fsp3) is 0.333. The minimum Gasteiger partial charge on any atom is -0.497 e. The van der Waals surface area contributed by atoms with E-state index in [-0.39, 0.29) is 6.10 Å². The fourth-order valence-corrected chi connectivity index (χ4v) is 3.88. The summed E-state index contributed by atoms with van der Waals surface area (Å²) in [6.45, 7) is 2.20. The first kappa shape index (κ1) is 17.1. The third kappa shape index (κ3) is 3.07. The smallest absolute Gasteiger partial charge is 0.156 e. The molecule has 1 aliphatic rings. The van der Waals surface area contributed by atoms with Crippen LogP contribution < -0.4 is 9.64 Å². The first-order valence-corrected chi connectivity index (χ1v) is 9.51. The van der Waals surface area contributed by atoms with Crippen molar-refractivity contribution >= 4 is 27.8 Å². The Bertz CT molecular complexity index is 1080. The van der Waals surface area contributed by atoms with Crippen molar-refractivity contribution in [3.8, 4) is 5.75 Å². The third-order valence-electron chi connectivity index (χ3n) is 5.24. The van der Waals surface area contributed by atoms with Gasteiger partial charge in [0.2, 0.25) is 0 Å². The highest BCUT2D eigenvalue weighted by molar-refractivity contribution is 6.08. The van der Waals surface area contributed by atoms with Gasteiger partial charge in [-0.25, -0.2) is 9.97 Å². The zero-order valence-electron chi connectivity index (χ0n) is 15.7. The summed E-state index contributed by atoms with van der Waals surface area (Å²) in [4.78, 5) is 14.9. The van der Waals surface area contributed by atoms with Crippen molar-refractivity contribution in [3.05, 3.63) is 48.7 Å². The monoisotopic (exact) mass is 378 g/mol. The van der Waals surface area contributed by atoms with Crippen molar-refractivity contribution in [1.82, 2.24) is 15.0 Å². The van der Waals surface area contributed by atoms with E-state index in [1.54, 1.807) is 19.7 Å². The number of hydrogen-bond acceptors (Lipinski definition) is 6. The Morgan fingerprint density at radius 2 is 2.25 bits per heavy atom. The highest BCUT2D eigenvalue weighted by Crippen LogP contribution is 2.32. The number of H-pyrrole nitrogens is 1. The molecule has 1 saturated heterocycles. The van der Waals surface area contributed by atoms with Crippen molar-refractivity contribution in [3.63, 3.8) is 0 Å². The Hall–Kier alpha value is -3.06. The number of benzene rings is 1. The summed E-state index contributed by atoms with van der Waals surface area (Å²) in [5, 5.41) is 1.02. The van der Waals surface area contributed by atoms with Gasteiger partial charge in [-0.05, 0) is 43.2 Å². The molecule has 7 heteroatoms. The van der Waals surface area contributed by atoms with E-state index in [0.29, 0.717) is 6.54 Å². The number of rotatable bonds is 6. The molecule has 4 heterocycles. The van der Waals surface area contributed by atoms with Crippen LogP contribution >= 0.6 is 0 Å². The van der Waals surface area contributed by atoms with E-state index >= 15 is 0 Å². The molecule has 0 bridgehead atoms. The van der Waals surface area contributed by atoms with Crippen LogP contribution in [0.2, 0.25) is 0 Å². The van der Waals surface area contributed by atoms with Crippen LogP contribution in [-0.2, 0) is 11.3 Å². The number of furan rings is 1. The van der Waals surface area contributed by atoms with Crippen LogP contribution in [0.3, 0.4) is 0 Å². The van der Waals surface area contributed by atoms with Crippen molar-refractivity contribution < 1.29 is 13.9 Å². The molecule has 1 fully saturated rings. The Kier molecular flexibility index (Phi) is 4.37. The molecule has 0 radical (unpaired) electrons. The van der Waals surface area contributed by atoms with Crippen LogP contribution in [0.1, 0.15) is 18.6 Å². The van der Waals surface area contributed by atoms with Gasteiger partial charge in [-0.2, -0.15) is 0 Å². The Balaban J connectivity index is 1.60. The fourth-order valence-electron chi connectivity index (χ4n) is 3.88. The zero-order chi connectivity index (χ0) is 18.9. The van der Waals surface area contributed by atoms with Gasteiger partial charge in [0, 0.05) is 24.1 Å². The predicted octanol–water partition coefficient (Wildman–Crippen LogP) is 3.90. The number of hydrogen-bond donors (Lipinski definition) is 1. The maximum Gasteiger partial charge on any atom is 0.156 e. The van der Waals surface area contributed by atoms with Gasteiger partial charge < -0.3 is 23.8 Å².